The number of hydrogen-bond acceptors (Lipinski definition) is 3. The summed E-state index contributed by atoms with van der Waals surface area (Å²) in [5, 5.41) is 19.1. The van der Waals surface area contributed by atoms with Crippen molar-refractivity contribution >= 4 is 17.5 Å². The summed E-state index contributed by atoms with van der Waals surface area (Å²) >= 11 is 0. The lowest BCUT2D eigenvalue weighted by Gasteiger charge is -2.15. The quantitative estimate of drug-likeness (QED) is 0.753. The average molecular weight is 249 g/mol. The Balaban J connectivity index is 1.92. The van der Waals surface area contributed by atoms with Crippen molar-refractivity contribution in [2.75, 3.05) is 0 Å². The number of benzene rings is 2. The Labute approximate surface area is 110 Å². The smallest absolute Gasteiger partial charge is 0.116 e. The second kappa shape index (κ2) is 3.48. The topological polar surface area (TPSA) is 52.8 Å². The molecule has 0 spiro atoms. The molecule has 2 N–H and O–H groups in total. The van der Waals surface area contributed by atoms with Crippen molar-refractivity contribution in [3.63, 3.8) is 0 Å². The van der Waals surface area contributed by atoms with E-state index in [1.807, 2.05) is 12.1 Å². The summed E-state index contributed by atoms with van der Waals surface area (Å²) in [6.07, 6.45) is 2.82. The number of hydrogen-bond donors (Lipinski definition) is 2. The van der Waals surface area contributed by atoms with Gasteiger partial charge in [0.15, 0.2) is 0 Å². The van der Waals surface area contributed by atoms with Gasteiger partial charge < -0.3 is 10.2 Å². The van der Waals surface area contributed by atoms with Gasteiger partial charge in [-0.25, -0.2) is 4.99 Å². The zero-order valence-electron chi connectivity index (χ0n) is 10.1. The van der Waals surface area contributed by atoms with Crippen LogP contribution in [0.3, 0.4) is 0 Å². The van der Waals surface area contributed by atoms with Gasteiger partial charge in [0.25, 0.3) is 0 Å². The van der Waals surface area contributed by atoms with Gasteiger partial charge in [0.2, 0.25) is 0 Å². The Hall–Kier alpha value is -2.55. The van der Waals surface area contributed by atoms with E-state index in [2.05, 4.69) is 11.1 Å². The predicted molar refractivity (Wildman–Crippen MR) is 74.1 cm³/mol. The first kappa shape index (κ1) is 10.4. The SMILES string of the molecule is Oc1ccc2c(c1)C=C1Cc3cc(O)ccc3N=C12. The minimum absolute atomic E-state index is 0.269. The van der Waals surface area contributed by atoms with Crippen LogP contribution >= 0.6 is 0 Å². The van der Waals surface area contributed by atoms with E-state index < -0.39 is 0 Å². The zero-order valence-corrected chi connectivity index (χ0v) is 10.1. The fourth-order valence-corrected chi connectivity index (χ4v) is 2.73. The molecule has 3 heteroatoms. The summed E-state index contributed by atoms with van der Waals surface area (Å²) in [6, 6.07) is 10.6. The maximum absolute atomic E-state index is 9.54. The van der Waals surface area contributed by atoms with Crippen molar-refractivity contribution < 1.29 is 10.2 Å². The minimum Gasteiger partial charge on any atom is -0.508 e. The van der Waals surface area contributed by atoms with Crippen LogP contribution in [0.15, 0.2) is 47.0 Å². The summed E-state index contributed by atoms with van der Waals surface area (Å²) in [5.74, 6) is 0.538. The van der Waals surface area contributed by atoms with Crippen LogP contribution < -0.4 is 0 Å². The summed E-state index contributed by atoms with van der Waals surface area (Å²) in [7, 11) is 0. The third-order valence-electron chi connectivity index (χ3n) is 3.60. The van der Waals surface area contributed by atoms with E-state index in [4.69, 9.17) is 0 Å². The predicted octanol–water partition coefficient (Wildman–Crippen LogP) is 3.17. The van der Waals surface area contributed by atoms with E-state index in [-0.39, 0.29) is 11.5 Å². The van der Waals surface area contributed by atoms with Gasteiger partial charge in [-0.3, -0.25) is 0 Å². The van der Waals surface area contributed by atoms with Crippen LogP contribution in [0.5, 0.6) is 11.5 Å². The Morgan fingerprint density at radius 1 is 0.947 bits per heavy atom. The molecule has 2 aromatic rings. The molecule has 0 atom stereocenters. The lowest BCUT2D eigenvalue weighted by molar-refractivity contribution is 0.474. The lowest BCUT2D eigenvalue weighted by Crippen LogP contribution is -2.08. The first-order valence-corrected chi connectivity index (χ1v) is 6.15. The normalized spacial score (nSPS) is 15.2. The molecule has 2 aliphatic rings. The number of fused-ring (bicyclic) bond motifs is 4. The van der Waals surface area contributed by atoms with Crippen LogP contribution in [0.2, 0.25) is 0 Å². The number of phenols is 2. The number of nitrogens with zero attached hydrogens (tertiary/aromatic N) is 1. The highest BCUT2D eigenvalue weighted by atomic mass is 16.3. The summed E-state index contributed by atoms with van der Waals surface area (Å²) in [4.78, 5) is 4.68. The zero-order chi connectivity index (χ0) is 13.0. The van der Waals surface area contributed by atoms with Crippen molar-refractivity contribution in [3.05, 3.63) is 58.7 Å². The average Bonchev–Trinajstić information content (AvgIpc) is 2.72. The molecule has 0 unspecified atom stereocenters. The number of rotatable bonds is 0. The van der Waals surface area contributed by atoms with E-state index in [9.17, 15) is 10.2 Å². The van der Waals surface area contributed by atoms with Crippen LogP contribution in [0.25, 0.3) is 6.08 Å². The van der Waals surface area contributed by atoms with Crippen LogP contribution in [-0.4, -0.2) is 15.9 Å². The first-order valence-electron chi connectivity index (χ1n) is 6.15. The Morgan fingerprint density at radius 3 is 2.63 bits per heavy atom. The standard InChI is InChI=1S/C16H11NO2/c18-12-1-3-14-9(7-12)5-11-6-10-8-13(19)2-4-15(10)17-16(11)14/h1-5,7-8,18-19H,6H2. The van der Waals surface area contributed by atoms with Crippen LogP contribution in [-0.2, 0) is 6.42 Å². The fraction of sp³-hybridized carbons (Fsp3) is 0.0625. The molecule has 19 heavy (non-hydrogen) atoms. The molecule has 1 aliphatic carbocycles. The largest absolute Gasteiger partial charge is 0.508 e. The molecule has 3 nitrogen and oxygen atoms in total. The van der Waals surface area contributed by atoms with Crippen molar-refractivity contribution in [1.82, 2.24) is 0 Å². The van der Waals surface area contributed by atoms with Crippen molar-refractivity contribution in [2.45, 2.75) is 6.42 Å². The van der Waals surface area contributed by atoms with Crippen LogP contribution in [0.1, 0.15) is 16.7 Å². The van der Waals surface area contributed by atoms with Gasteiger partial charge in [0.1, 0.15) is 11.5 Å². The number of aromatic hydroxyl groups is 2. The van der Waals surface area contributed by atoms with E-state index >= 15 is 0 Å². The van der Waals surface area contributed by atoms with Crippen molar-refractivity contribution in [1.29, 1.82) is 0 Å². The van der Waals surface area contributed by atoms with E-state index in [1.54, 1.807) is 24.3 Å². The fourth-order valence-electron chi connectivity index (χ4n) is 2.73. The Bertz CT molecular complexity index is 772. The molecule has 0 amide bonds. The highest BCUT2D eigenvalue weighted by Gasteiger charge is 2.25. The summed E-state index contributed by atoms with van der Waals surface area (Å²) < 4.78 is 0. The van der Waals surface area contributed by atoms with Gasteiger partial charge >= 0.3 is 0 Å². The van der Waals surface area contributed by atoms with E-state index in [1.165, 1.54) is 0 Å². The molecule has 0 radical (unpaired) electrons. The van der Waals surface area contributed by atoms with Gasteiger partial charge in [-0.05, 0) is 59.2 Å². The van der Waals surface area contributed by atoms with Crippen LogP contribution in [0, 0.1) is 0 Å². The second-order valence-corrected chi connectivity index (χ2v) is 4.89. The van der Waals surface area contributed by atoms with Gasteiger partial charge in [0, 0.05) is 12.0 Å². The molecule has 1 heterocycles. The molecule has 0 aromatic heterocycles. The summed E-state index contributed by atoms with van der Waals surface area (Å²) in [5.41, 5.74) is 6.13. The maximum Gasteiger partial charge on any atom is 0.116 e. The van der Waals surface area contributed by atoms with Gasteiger partial charge in [-0.15, -0.1) is 0 Å². The van der Waals surface area contributed by atoms with E-state index in [0.717, 1.165) is 40.1 Å². The minimum atomic E-state index is 0.269. The molecule has 1 aliphatic heterocycles. The Morgan fingerprint density at radius 2 is 1.74 bits per heavy atom. The first-order chi connectivity index (χ1) is 9.20. The molecular weight excluding hydrogens is 238 g/mol. The van der Waals surface area contributed by atoms with Gasteiger partial charge in [-0.1, -0.05) is 0 Å². The van der Waals surface area contributed by atoms with E-state index in [0.29, 0.717) is 0 Å². The van der Waals surface area contributed by atoms with Crippen LogP contribution in [0.4, 0.5) is 5.69 Å². The Kier molecular flexibility index (Phi) is 1.90. The molecule has 0 bridgehead atoms. The molecule has 92 valence electrons. The number of phenolic OH excluding ortho intramolecular Hbond substituents is 2. The highest BCUT2D eigenvalue weighted by molar-refractivity contribution is 6.22. The maximum atomic E-state index is 9.54. The van der Waals surface area contributed by atoms with Crippen molar-refractivity contribution in [2.24, 2.45) is 4.99 Å². The molecule has 0 saturated heterocycles. The molecule has 0 saturated carbocycles. The number of aliphatic imine (C=N–C) groups is 1. The molecular formula is C16H11NO2. The molecule has 4 rings (SSSR count). The molecule has 2 aromatic carbocycles. The van der Waals surface area contributed by atoms with Gasteiger partial charge in [0.05, 0.1) is 11.4 Å². The highest BCUT2D eigenvalue weighted by Crippen LogP contribution is 2.38. The second-order valence-electron chi connectivity index (χ2n) is 4.89. The molecule has 0 fully saturated rings. The van der Waals surface area contributed by atoms with Crippen molar-refractivity contribution in [3.8, 4) is 11.5 Å². The van der Waals surface area contributed by atoms with Gasteiger partial charge in [-0.2, -0.15) is 0 Å². The third-order valence-corrected chi connectivity index (χ3v) is 3.60. The third kappa shape index (κ3) is 1.48. The lowest BCUT2D eigenvalue weighted by atomic mass is 9.96. The summed E-state index contributed by atoms with van der Waals surface area (Å²) in [6.45, 7) is 0. The number of allylic oxidation sites excluding steroid dienone is 1. The monoisotopic (exact) mass is 249 g/mol.